The van der Waals surface area contributed by atoms with Crippen molar-refractivity contribution in [3.63, 3.8) is 0 Å². The number of rotatable bonds is 6. The average Bonchev–Trinajstić information content (AvgIpc) is 3.03. The van der Waals surface area contributed by atoms with Crippen LogP contribution in [0.1, 0.15) is 20.3 Å². The first-order valence-corrected chi connectivity index (χ1v) is 5.87. The summed E-state index contributed by atoms with van der Waals surface area (Å²) in [5.74, 6) is 0.0511. The summed E-state index contributed by atoms with van der Waals surface area (Å²) in [6, 6.07) is 0. The van der Waals surface area contributed by atoms with Gasteiger partial charge < -0.3 is 9.47 Å². The van der Waals surface area contributed by atoms with E-state index in [1.54, 1.807) is 13.8 Å². The molecular formula is C13H18O4. The molecule has 1 fully saturated rings. The van der Waals surface area contributed by atoms with Gasteiger partial charge in [-0.05, 0) is 32.1 Å². The molecule has 4 heteroatoms. The number of carbonyl (C=O) groups is 2. The van der Waals surface area contributed by atoms with Crippen molar-refractivity contribution in [3.8, 4) is 0 Å². The van der Waals surface area contributed by atoms with Crippen molar-refractivity contribution >= 4 is 11.9 Å². The fourth-order valence-corrected chi connectivity index (χ4v) is 1.46. The second-order valence-electron chi connectivity index (χ2n) is 3.79. The zero-order valence-corrected chi connectivity index (χ0v) is 10.2. The average molecular weight is 238 g/mol. The molecule has 1 aliphatic carbocycles. The summed E-state index contributed by atoms with van der Waals surface area (Å²) in [5, 5.41) is 0. The topological polar surface area (TPSA) is 52.6 Å². The van der Waals surface area contributed by atoms with E-state index in [1.165, 1.54) is 12.2 Å². The largest absolute Gasteiger partial charge is 0.463 e. The van der Waals surface area contributed by atoms with E-state index in [0.29, 0.717) is 25.0 Å². The Morgan fingerprint density at radius 3 is 1.76 bits per heavy atom. The van der Waals surface area contributed by atoms with E-state index >= 15 is 0 Å². The van der Waals surface area contributed by atoms with Gasteiger partial charge in [-0.1, -0.05) is 12.2 Å². The lowest BCUT2D eigenvalue weighted by Gasteiger charge is -1.94. The van der Waals surface area contributed by atoms with E-state index in [2.05, 4.69) is 0 Å². The molecular weight excluding hydrogens is 220 g/mol. The number of hydrogen-bond donors (Lipinski definition) is 0. The van der Waals surface area contributed by atoms with Crippen LogP contribution in [0.15, 0.2) is 24.3 Å². The first-order chi connectivity index (χ1) is 8.17. The monoisotopic (exact) mass is 238 g/mol. The Balaban J connectivity index is 2.25. The molecule has 1 saturated carbocycles. The van der Waals surface area contributed by atoms with Crippen LogP contribution >= 0.6 is 0 Å². The van der Waals surface area contributed by atoms with Gasteiger partial charge in [0.15, 0.2) is 0 Å². The van der Waals surface area contributed by atoms with Gasteiger partial charge in [0, 0.05) is 12.2 Å². The summed E-state index contributed by atoms with van der Waals surface area (Å²) in [4.78, 5) is 22.1. The van der Waals surface area contributed by atoms with Gasteiger partial charge in [0.25, 0.3) is 0 Å². The molecule has 2 atom stereocenters. The fraction of sp³-hybridized carbons (Fsp3) is 0.538. The highest BCUT2D eigenvalue weighted by atomic mass is 16.5. The van der Waals surface area contributed by atoms with E-state index in [0.717, 1.165) is 6.42 Å². The Morgan fingerprint density at radius 1 is 1.00 bits per heavy atom. The Labute approximate surface area is 101 Å². The van der Waals surface area contributed by atoms with Gasteiger partial charge in [-0.15, -0.1) is 0 Å². The molecule has 1 aliphatic rings. The van der Waals surface area contributed by atoms with Crippen LogP contribution in [0.4, 0.5) is 0 Å². The molecule has 0 aromatic rings. The van der Waals surface area contributed by atoms with Crippen LogP contribution in [0.25, 0.3) is 0 Å². The molecule has 0 saturated heterocycles. The summed E-state index contributed by atoms with van der Waals surface area (Å²) in [7, 11) is 0. The summed E-state index contributed by atoms with van der Waals surface area (Å²) < 4.78 is 9.54. The molecule has 0 N–H and O–H groups in total. The highest BCUT2D eigenvalue weighted by Crippen LogP contribution is 2.40. The molecule has 1 rings (SSSR count). The van der Waals surface area contributed by atoms with E-state index in [-0.39, 0.29) is 11.9 Å². The van der Waals surface area contributed by atoms with Gasteiger partial charge in [0.1, 0.15) is 0 Å². The minimum absolute atomic E-state index is 0.312. The molecule has 0 spiro atoms. The van der Waals surface area contributed by atoms with Gasteiger partial charge >= 0.3 is 11.9 Å². The molecule has 17 heavy (non-hydrogen) atoms. The molecule has 0 unspecified atom stereocenters. The lowest BCUT2D eigenvalue weighted by Crippen LogP contribution is -1.99. The van der Waals surface area contributed by atoms with Crippen LogP contribution in [0.3, 0.4) is 0 Å². The van der Waals surface area contributed by atoms with Gasteiger partial charge in [-0.3, -0.25) is 0 Å². The number of allylic oxidation sites excluding steroid dienone is 2. The third kappa shape index (κ3) is 5.33. The summed E-state index contributed by atoms with van der Waals surface area (Å²) in [6.45, 7) is 4.32. The predicted octanol–water partition coefficient (Wildman–Crippen LogP) is 1.86. The van der Waals surface area contributed by atoms with E-state index in [1.807, 2.05) is 12.2 Å². The van der Waals surface area contributed by atoms with Crippen molar-refractivity contribution in [2.45, 2.75) is 20.3 Å². The maximum Gasteiger partial charge on any atom is 0.330 e. The zero-order chi connectivity index (χ0) is 12.7. The van der Waals surface area contributed by atoms with Crippen molar-refractivity contribution < 1.29 is 19.1 Å². The standard InChI is InChI=1S/C13H18O4/c1-3-16-12(14)7-5-10-9-11(10)6-8-13(15)17-4-2/h5-8,10-11H,3-4,9H2,1-2H3/b7-5+,8-6+/t10-,11-/m0/s1. The lowest BCUT2D eigenvalue weighted by atomic mass is 10.2. The normalized spacial score (nSPS) is 22.9. The number of hydrogen-bond acceptors (Lipinski definition) is 4. The van der Waals surface area contributed by atoms with Crippen molar-refractivity contribution in [2.24, 2.45) is 11.8 Å². The van der Waals surface area contributed by atoms with Crippen molar-refractivity contribution in [3.05, 3.63) is 24.3 Å². The Hall–Kier alpha value is -1.58. The van der Waals surface area contributed by atoms with E-state index in [9.17, 15) is 9.59 Å². The number of ether oxygens (including phenoxy) is 2. The van der Waals surface area contributed by atoms with Crippen LogP contribution in [-0.4, -0.2) is 25.2 Å². The third-order valence-electron chi connectivity index (χ3n) is 2.42. The molecule has 0 aromatic heterocycles. The van der Waals surface area contributed by atoms with Crippen LogP contribution in [0.5, 0.6) is 0 Å². The van der Waals surface area contributed by atoms with Gasteiger partial charge in [0.05, 0.1) is 13.2 Å². The minimum atomic E-state index is -0.312. The second kappa shape index (κ2) is 6.89. The quantitative estimate of drug-likeness (QED) is 0.523. The first-order valence-electron chi connectivity index (χ1n) is 5.87. The fourth-order valence-electron chi connectivity index (χ4n) is 1.46. The van der Waals surface area contributed by atoms with Crippen molar-refractivity contribution in [1.82, 2.24) is 0 Å². The summed E-state index contributed by atoms with van der Waals surface area (Å²) in [6.07, 6.45) is 7.53. The first kappa shape index (κ1) is 13.5. The second-order valence-corrected chi connectivity index (χ2v) is 3.79. The molecule has 0 amide bonds. The molecule has 0 radical (unpaired) electrons. The predicted molar refractivity (Wildman–Crippen MR) is 63.1 cm³/mol. The molecule has 0 bridgehead atoms. The van der Waals surface area contributed by atoms with Crippen LogP contribution in [0.2, 0.25) is 0 Å². The summed E-state index contributed by atoms with van der Waals surface area (Å²) in [5.41, 5.74) is 0. The Morgan fingerprint density at radius 2 is 1.41 bits per heavy atom. The molecule has 94 valence electrons. The minimum Gasteiger partial charge on any atom is -0.463 e. The van der Waals surface area contributed by atoms with E-state index < -0.39 is 0 Å². The molecule has 0 aromatic carbocycles. The highest BCUT2D eigenvalue weighted by molar-refractivity contribution is 5.82. The maximum absolute atomic E-state index is 11.0. The van der Waals surface area contributed by atoms with Gasteiger partial charge in [0.2, 0.25) is 0 Å². The third-order valence-corrected chi connectivity index (χ3v) is 2.42. The van der Waals surface area contributed by atoms with Gasteiger partial charge in [-0.2, -0.15) is 0 Å². The Kier molecular flexibility index (Phi) is 5.46. The van der Waals surface area contributed by atoms with Crippen molar-refractivity contribution in [2.75, 3.05) is 13.2 Å². The van der Waals surface area contributed by atoms with Crippen LogP contribution in [0, 0.1) is 11.8 Å². The lowest BCUT2D eigenvalue weighted by molar-refractivity contribution is -0.138. The number of esters is 2. The van der Waals surface area contributed by atoms with E-state index in [4.69, 9.17) is 9.47 Å². The highest BCUT2D eigenvalue weighted by Gasteiger charge is 2.32. The SMILES string of the molecule is CCOC(=O)/C=C/[C@H]1C[C@@H]1/C=C/C(=O)OCC. The zero-order valence-electron chi connectivity index (χ0n) is 10.2. The smallest absolute Gasteiger partial charge is 0.330 e. The molecule has 4 nitrogen and oxygen atoms in total. The van der Waals surface area contributed by atoms with Crippen LogP contribution in [-0.2, 0) is 19.1 Å². The summed E-state index contributed by atoms with van der Waals surface area (Å²) >= 11 is 0. The van der Waals surface area contributed by atoms with Gasteiger partial charge in [-0.25, -0.2) is 9.59 Å². The molecule has 0 heterocycles. The Bertz CT molecular complexity index is 298. The maximum atomic E-state index is 11.0. The van der Waals surface area contributed by atoms with Crippen LogP contribution < -0.4 is 0 Å². The van der Waals surface area contributed by atoms with Crippen molar-refractivity contribution in [1.29, 1.82) is 0 Å². The number of carbonyl (C=O) groups excluding carboxylic acids is 2. The molecule has 0 aliphatic heterocycles.